The van der Waals surface area contributed by atoms with Crippen LogP contribution in [-0.4, -0.2) is 32.7 Å². The highest BCUT2D eigenvalue weighted by molar-refractivity contribution is 7.84. The number of hydrogen-bond donors (Lipinski definition) is 1. The Morgan fingerprint density at radius 1 is 1.14 bits per heavy atom. The smallest absolute Gasteiger partial charge is 0.371 e. The zero-order valence-corrected chi connectivity index (χ0v) is 13.7. The molecule has 1 aliphatic carbocycles. The van der Waals surface area contributed by atoms with Gasteiger partial charge < -0.3 is 9.50 Å². The maximum absolute atomic E-state index is 12.1. The predicted molar refractivity (Wildman–Crippen MR) is 84.9 cm³/mol. The van der Waals surface area contributed by atoms with Gasteiger partial charge in [0.1, 0.15) is 5.75 Å². The van der Waals surface area contributed by atoms with Crippen molar-refractivity contribution in [2.24, 2.45) is 5.92 Å². The highest BCUT2D eigenvalue weighted by Crippen LogP contribution is 2.25. The van der Waals surface area contributed by atoms with Crippen LogP contribution in [-0.2, 0) is 15.1 Å². The van der Waals surface area contributed by atoms with Gasteiger partial charge >= 0.3 is 10.3 Å². The van der Waals surface area contributed by atoms with Crippen LogP contribution in [0.5, 0.6) is 5.75 Å². The first-order valence-electron chi connectivity index (χ1n) is 7.41. The highest BCUT2D eigenvalue weighted by Gasteiger charge is 2.21. The van der Waals surface area contributed by atoms with Crippen LogP contribution in [0.2, 0.25) is 0 Å². The number of anilines is 1. The van der Waals surface area contributed by atoms with Crippen molar-refractivity contribution in [2.45, 2.75) is 32.1 Å². The lowest BCUT2D eigenvalue weighted by Crippen LogP contribution is -2.27. The minimum Gasteiger partial charge on any atom is -0.371 e. The molecule has 0 spiro atoms. The van der Waals surface area contributed by atoms with Gasteiger partial charge in [0.2, 0.25) is 5.91 Å². The Hall–Kier alpha value is -1.60. The largest absolute Gasteiger partial charge is 0.384 e. The van der Waals surface area contributed by atoms with E-state index in [1.54, 1.807) is 12.1 Å². The Morgan fingerprint density at radius 3 is 2.27 bits per heavy atom. The predicted octanol–water partition coefficient (Wildman–Crippen LogP) is 2.39. The molecule has 1 aromatic rings. The van der Waals surface area contributed by atoms with Crippen LogP contribution in [0.4, 0.5) is 5.69 Å². The number of nitrogens with one attached hydrogen (secondary N) is 1. The van der Waals surface area contributed by atoms with E-state index in [1.165, 1.54) is 32.6 Å². The number of benzene rings is 1. The number of rotatable bonds is 5. The number of carbonyl (C=O) groups is 1. The third-order valence-corrected chi connectivity index (χ3v) is 5.04. The van der Waals surface area contributed by atoms with Crippen molar-refractivity contribution in [3.8, 4) is 5.75 Å². The van der Waals surface area contributed by atoms with Crippen LogP contribution in [0.15, 0.2) is 24.3 Å². The van der Waals surface area contributed by atoms with E-state index >= 15 is 0 Å². The molecule has 7 heteroatoms. The standard InChI is InChI=1S/C15H22N2O4S/c1-17(2)22(19,20)21-14-10-8-13(9-11-14)16-15(18)12-6-4-3-5-7-12/h8-12H,3-7H2,1-2H3,(H,16,18). The van der Waals surface area contributed by atoms with Crippen molar-refractivity contribution in [1.82, 2.24) is 4.31 Å². The van der Waals surface area contributed by atoms with Crippen molar-refractivity contribution >= 4 is 21.9 Å². The van der Waals surface area contributed by atoms with Crippen LogP contribution in [0.1, 0.15) is 32.1 Å². The molecule has 122 valence electrons. The summed E-state index contributed by atoms with van der Waals surface area (Å²) < 4.78 is 29.1. The number of hydrogen-bond acceptors (Lipinski definition) is 4. The lowest BCUT2D eigenvalue weighted by atomic mass is 9.88. The van der Waals surface area contributed by atoms with Crippen molar-refractivity contribution in [1.29, 1.82) is 0 Å². The van der Waals surface area contributed by atoms with Crippen LogP contribution < -0.4 is 9.50 Å². The molecule has 1 fully saturated rings. The summed E-state index contributed by atoms with van der Waals surface area (Å²) >= 11 is 0. The van der Waals surface area contributed by atoms with E-state index in [0.29, 0.717) is 5.69 Å². The zero-order chi connectivity index (χ0) is 16.2. The Balaban J connectivity index is 1.95. The van der Waals surface area contributed by atoms with Gasteiger partial charge in [-0.15, -0.1) is 0 Å². The Labute approximate surface area is 131 Å². The molecule has 6 nitrogen and oxygen atoms in total. The molecule has 0 saturated heterocycles. The maximum atomic E-state index is 12.1. The molecule has 0 aromatic heterocycles. The minimum absolute atomic E-state index is 0.0364. The van der Waals surface area contributed by atoms with E-state index in [1.807, 2.05) is 0 Å². The monoisotopic (exact) mass is 326 g/mol. The first-order valence-corrected chi connectivity index (χ1v) is 8.78. The molecular weight excluding hydrogens is 304 g/mol. The maximum Gasteiger partial charge on any atom is 0.384 e. The lowest BCUT2D eigenvalue weighted by Gasteiger charge is -2.20. The third-order valence-electron chi connectivity index (χ3n) is 3.75. The van der Waals surface area contributed by atoms with E-state index in [2.05, 4.69) is 5.32 Å². The van der Waals surface area contributed by atoms with Gasteiger partial charge in [-0.25, -0.2) is 0 Å². The second kappa shape index (κ2) is 7.11. The van der Waals surface area contributed by atoms with Crippen LogP contribution in [0, 0.1) is 5.92 Å². The van der Waals surface area contributed by atoms with Crippen molar-refractivity contribution in [3.05, 3.63) is 24.3 Å². The fourth-order valence-corrected chi connectivity index (χ4v) is 2.90. The first-order chi connectivity index (χ1) is 10.4. The summed E-state index contributed by atoms with van der Waals surface area (Å²) in [5.74, 6) is 0.331. The SMILES string of the molecule is CN(C)S(=O)(=O)Oc1ccc(NC(=O)C2CCCCC2)cc1. The normalized spacial score (nSPS) is 16.5. The summed E-state index contributed by atoms with van der Waals surface area (Å²) in [6, 6.07) is 6.33. The van der Waals surface area contributed by atoms with E-state index in [-0.39, 0.29) is 17.6 Å². The fourth-order valence-electron chi connectivity index (χ4n) is 2.40. The fraction of sp³-hybridized carbons (Fsp3) is 0.533. The molecule has 1 aliphatic rings. The second-order valence-electron chi connectivity index (χ2n) is 5.67. The number of carbonyl (C=O) groups excluding carboxylic acids is 1. The van der Waals surface area contributed by atoms with E-state index in [0.717, 1.165) is 30.0 Å². The van der Waals surface area contributed by atoms with Crippen molar-refractivity contribution < 1.29 is 17.4 Å². The molecule has 1 amide bonds. The minimum atomic E-state index is -3.76. The van der Waals surface area contributed by atoms with Gasteiger partial charge in [0.05, 0.1) is 0 Å². The van der Waals surface area contributed by atoms with Crippen LogP contribution in [0.3, 0.4) is 0 Å². The van der Waals surface area contributed by atoms with Gasteiger partial charge in [0, 0.05) is 25.7 Å². The summed E-state index contributed by atoms with van der Waals surface area (Å²) in [5, 5.41) is 2.87. The number of amides is 1. The number of nitrogens with zero attached hydrogens (tertiary/aromatic N) is 1. The van der Waals surface area contributed by atoms with Gasteiger partial charge in [0.25, 0.3) is 0 Å². The molecule has 0 unspecified atom stereocenters. The highest BCUT2D eigenvalue weighted by atomic mass is 32.2. The zero-order valence-electron chi connectivity index (χ0n) is 12.9. The third kappa shape index (κ3) is 4.45. The van der Waals surface area contributed by atoms with Gasteiger partial charge in [-0.1, -0.05) is 19.3 Å². The van der Waals surface area contributed by atoms with Gasteiger partial charge in [0.15, 0.2) is 0 Å². The molecule has 1 aromatic carbocycles. The molecule has 1 saturated carbocycles. The van der Waals surface area contributed by atoms with E-state index in [9.17, 15) is 13.2 Å². The summed E-state index contributed by atoms with van der Waals surface area (Å²) in [6.07, 6.45) is 5.29. The van der Waals surface area contributed by atoms with Gasteiger partial charge in [-0.05, 0) is 37.1 Å². The molecule has 0 atom stereocenters. The lowest BCUT2D eigenvalue weighted by molar-refractivity contribution is -0.120. The molecule has 0 aliphatic heterocycles. The summed E-state index contributed by atoms with van der Waals surface area (Å²) in [7, 11) is -0.964. The van der Waals surface area contributed by atoms with Crippen LogP contribution >= 0.6 is 0 Å². The first kappa shape index (κ1) is 16.8. The van der Waals surface area contributed by atoms with Gasteiger partial charge in [-0.2, -0.15) is 12.7 Å². The second-order valence-corrected chi connectivity index (χ2v) is 7.42. The van der Waals surface area contributed by atoms with Gasteiger partial charge in [-0.3, -0.25) is 4.79 Å². The summed E-state index contributed by atoms with van der Waals surface area (Å²) in [6.45, 7) is 0. The van der Waals surface area contributed by atoms with Crippen molar-refractivity contribution in [2.75, 3.05) is 19.4 Å². The quantitative estimate of drug-likeness (QED) is 0.901. The molecule has 2 rings (SSSR count). The molecule has 0 heterocycles. The summed E-state index contributed by atoms with van der Waals surface area (Å²) in [5.41, 5.74) is 0.644. The molecule has 0 radical (unpaired) electrons. The Bertz CT molecular complexity index is 605. The molecule has 22 heavy (non-hydrogen) atoms. The van der Waals surface area contributed by atoms with Crippen molar-refractivity contribution in [3.63, 3.8) is 0 Å². The Morgan fingerprint density at radius 2 is 1.73 bits per heavy atom. The van der Waals surface area contributed by atoms with Crippen LogP contribution in [0.25, 0.3) is 0 Å². The molecular formula is C15H22N2O4S. The Kier molecular flexibility index (Phi) is 5.42. The topological polar surface area (TPSA) is 75.7 Å². The molecule has 1 N–H and O–H groups in total. The van der Waals surface area contributed by atoms with E-state index < -0.39 is 10.3 Å². The molecule has 0 bridgehead atoms. The average Bonchev–Trinajstić information content (AvgIpc) is 2.49. The average molecular weight is 326 g/mol. The summed E-state index contributed by atoms with van der Waals surface area (Å²) in [4.78, 5) is 12.1. The van der Waals surface area contributed by atoms with E-state index in [4.69, 9.17) is 4.18 Å².